The molecule has 0 saturated carbocycles. The molecule has 1 heterocycles. The van der Waals surface area contributed by atoms with Gasteiger partial charge in [-0.15, -0.1) is 0 Å². The van der Waals surface area contributed by atoms with E-state index < -0.39 is 5.95 Å². The number of nitrogens with zero attached hydrogens (tertiary/aromatic N) is 1. The number of nitrogens with one attached hydrogen (secondary N) is 1. The molecule has 1 aromatic heterocycles. The fourth-order valence-corrected chi connectivity index (χ4v) is 0.548. The average molecular weight is 126 g/mol. The lowest BCUT2D eigenvalue weighted by Gasteiger charge is -1.94. The van der Waals surface area contributed by atoms with Crippen LogP contribution < -0.4 is 5.32 Å². The Labute approximate surface area is 52.7 Å². The zero-order valence-electron chi connectivity index (χ0n) is 5.06. The van der Waals surface area contributed by atoms with E-state index in [1.807, 2.05) is 0 Å². The molecule has 3 heteroatoms. The minimum absolute atomic E-state index is 0.457. The smallest absolute Gasteiger partial charge is 0.214 e. The molecule has 0 aliphatic heterocycles. The first-order valence-electron chi connectivity index (χ1n) is 2.63. The summed E-state index contributed by atoms with van der Waals surface area (Å²) >= 11 is 0. The molecule has 48 valence electrons. The SMILES string of the molecule is CNc1cccc(F)n1. The van der Waals surface area contributed by atoms with Crippen molar-refractivity contribution in [3.8, 4) is 0 Å². The Morgan fingerprint density at radius 1 is 1.56 bits per heavy atom. The van der Waals surface area contributed by atoms with Crippen LogP contribution in [0.15, 0.2) is 18.2 Å². The van der Waals surface area contributed by atoms with Gasteiger partial charge in [0.15, 0.2) is 0 Å². The molecule has 0 amide bonds. The topological polar surface area (TPSA) is 24.9 Å². The predicted octanol–water partition coefficient (Wildman–Crippen LogP) is 1.26. The minimum atomic E-state index is -0.457. The van der Waals surface area contributed by atoms with Gasteiger partial charge in [0.1, 0.15) is 5.82 Å². The molecule has 0 unspecified atom stereocenters. The van der Waals surface area contributed by atoms with Crippen molar-refractivity contribution in [2.75, 3.05) is 12.4 Å². The number of halogens is 1. The van der Waals surface area contributed by atoms with Crippen LogP contribution in [0.25, 0.3) is 0 Å². The van der Waals surface area contributed by atoms with Gasteiger partial charge in [-0.2, -0.15) is 4.39 Å². The van der Waals surface area contributed by atoms with Gasteiger partial charge in [-0.25, -0.2) is 4.98 Å². The van der Waals surface area contributed by atoms with Crippen LogP contribution in [0, 0.1) is 5.95 Å². The Bertz CT molecular complexity index is 200. The molecule has 1 aromatic rings. The van der Waals surface area contributed by atoms with E-state index >= 15 is 0 Å². The van der Waals surface area contributed by atoms with E-state index in [2.05, 4.69) is 10.3 Å². The van der Waals surface area contributed by atoms with Gasteiger partial charge < -0.3 is 5.32 Å². The highest BCUT2D eigenvalue weighted by atomic mass is 19.1. The summed E-state index contributed by atoms with van der Waals surface area (Å²) in [7, 11) is 1.70. The van der Waals surface area contributed by atoms with Gasteiger partial charge in [0.2, 0.25) is 5.95 Å². The highest BCUT2D eigenvalue weighted by molar-refractivity contribution is 5.31. The Balaban J connectivity index is 2.94. The monoisotopic (exact) mass is 126 g/mol. The molecule has 0 fully saturated rings. The highest BCUT2D eigenvalue weighted by Crippen LogP contribution is 2.00. The van der Waals surface area contributed by atoms with Crippen LogP contribution >= 0.6 is 0 Å². The average Bonchev–Trinajstić information content (AvgIpc) is 1.88. The van der Waals surface area contributed by atoms with Crippen LogP contribution in [0.2, 0.25) is 0 Å². The van der Waals surface area contributed by atoms with E-state index in [-0.39, 0.29) is 0 Å². The van der Waals surface area contributed by atoms with Crippen LogP contribution in [-0.2, 0) is 0 Å². The van der Waals surface area contributed by atoms with Crippen molar-refractivity contribution in [3.05, 3.63) is 24.1 Å². The van der Waals surface area contributed by atoms with E-state index in [1.165, 1.54) is 6.07 Å². The lowest BCUT2D eigenvalue weighted by Crippen LogP contribution is -1.92. The first-order valence-corrected chi connectivity index (χ1v) is 2.63. The fourth-order valence-electron chi connectivity index (χ4n) is 0.548. The Morgan fingerprint density at radius 3 is 2.78 bits per heavy atom. The van der Waals surface area contributed by atoms with Gasteiger partial charge in [0.25, 0.3) is 0 Å². The molecule has 2 nitrogen and oxygen atoms in total. The third-order valence-electron chi connectivity index (χ3n) is 0.971. The van der Waals surface area contributed by atoms with Gasteiger partial charge in [-0.05, 0) is 12.1 Å². The molecule has 0 radical (unpaired) electrons. The van der Waals surface area contributed by atoms with Crippen molar-refractivity contribution in [1.82, 2.24) is 4.98 Å². The summed E-state index contributed by atoms with van der Waals surface area (Å²) < 4.78 is 12.2. The largest absolute Gasteiger partial charge is 0.373 e. The Kier molecular flexibility index (Phi) is 1.63. The first kappa shape index (κ1) is 6.01. The molecule has 0 atom stereocenters. The molecule has 0 bridgehead atoms. The Morgan fingerprint density at radius 2 is 2.33 bits per heavy atom. The summed E-state index contributed by atoms with van der Waals surface area (Å²) in [5.41, 5.74) is 0. The zero-order chi connectivity index (χ0) is 6.69. The van der Waals surface area contributed by atoms with E-state index in [0.29, 0.717) is 5.82 Å². The second kappa shape index (κ2) is 2.44. The normalized spacial score (nSPS) is 9.11. The van der Waals surface area contributed by atoms with Crippen LogP contribution in [0.3, 0.4) is 0 Å². The second-order valence-corrected chi connectivity index (χ2v) is 1.60. The zero-order valence-corrected chi connectivity index (χ0v) is 5.06. The van der Waals surface area contributed by atoms with Crippen LogP contribution in [-0.4, -0.2) is 12.0 Å². The maximum Gasteiger partial charge on any atom is 0.214 e. The van der Waals surface area contributed by atoms with Crippen molar-refractivity contribution >= 4 is 5.82 Å². The lowest BCUT2D eigenvalue weighted by molar-refractivity contribution is 0.585. The van der Waals surface area contributed by atoms with Crippen molar-refractivity contribution in [2.45, 2.75) is 0 Å². The molecular weight excluding hydrogens is 119 g/mol. The summed E-state index contributed by atoms with van der Waals surface area (Å²) in [6.07, 6.45) is 0. The number of pyridine rings is 1. The quantitative estimate of drug-likeness (QED) is 0.573. The molecule has 0 aliphatic carbocycles. The lowest BCUT2D eigenvalue weighted by atomic mass is 10.5. The minimum Gasteiger partial charge on any atom is -0.373 e. The second-order valence-electron chi connectivity index (χ2n) is 1.60. The summed E-state index contributed by atoms with van der Waals surface area (Å²) in [6, 6.07) is 4.61. The summed E-state index contributed by atoms with van der Waals surface area (Å²) in [6.45, 7) is 0. The van der Waals surface area contributed by atoms with E-state index in [0.717, 1.165) is 0 Å². The summed E-state index contributed by atoms with van der Waals surface area (Å²) in [5.74, 6) is 0.0943. The predicted molar refractivity (Wildman–Crippen MR) is 33.7 cm³/mol. The van der Waals surface area contributed by atoms with Gasteiger partial charge in [0.05, 0.1) is 0 Å². The van der Waals surface area contributed by atoms with Gasteiger partial charge in [-0.1, -0.05) is 6.07 Å². The number of anilines is 1. The molecular formula is C6H7FN2. The number of hydrogen-bond donors (Lipinski definition) is 1. The standard InChI is InChI=1S/C6H7FN2/c1-8-6-4-2-3-5(7)9-6/h2-4H,1H3,(H,8,9). The highest BCUT2D eigenvalue weighted by Gasteiger charge is 1.89. The van der Waals surface area contributed by atoms with Crippen LogP contribution in [0.4, 0.5) is 10.2 Å². The molecule has 0 aromatic carbocycles. The van der Waals surface area contributed by atoms with Crippen molar-refractivity contribution in [1.29, 1.82) is 0 Å². The van der Waals surface area contributed by atoms with Crippen molar-refractivity contribution in [3.63, 3.8) is 0 Å². The molecule has 0 aliphatic rings. The van der Waals surface area contributed by atoms with Crippen molar-refractivity contribution in [2.24, 2.45) is 0 Å². The molecule has 0 spiro atoms. The molecule has 1 N–H and O–H groups in total. The van der Waals surface area contributed by atoms with Crippen LogP contribution in [0.1, 0.15) is 0 Å². The Hall–Kier alpha value is -1.12. The fraction of sp³-hybridized carbons (Fsp3) is 0.167. The third-order valence-corrected chi connectivity index (χ3v) is 0.971. The molecule has 9 heavy (non-hydrogen) atoms. The van der Waals surface area contributed by atoms with Gasteiger partial charge >= 0.3 is 0 Å². The van der Waals surface area contributed by atoms with E-state index in [9.17, 15) is 4.39 Å². The van der Waals surface area contributed by atoms with Crippen molar-refractivity contribution < 1.29 is 4.39 Å². The molecule has 0 saturated heterocycles. The number of aromatic nitrogens is 1. The maximum atomic E-state index is 12.2. The van der Waals surface area contributed by atoms with Gasteiger partial charge in [-0.3, -0.25) is 0 Å². The molecule has 1 rings (SSSR count). The van der Waals surface area contributed by atoms with Gasteiger partial charge in [0, 0.05) is 7.05 Å². The third kappa shape index (κ3) is 1.38. The summed E-state index contributed by atoms with van der Waals surface area (Å²) in [5, 5.41) is 2.72. The van der Waals surface area contributed by atoms with E-state index in [4.69, 9.17) is 0 Å². The summed E-state index contributed by atoms with van der Waals surface area (Å²) in [4.78, 5) is 3.51. The van der Waals surface area contributed by atoms with E-state index in [1.54, 1.807) is 19.2 Å². The maximum absolute atomic E-state index is 12.2. The van der Waals surface area contributed by atoms with Crippen LogP contribution in [0.5, 0.6) is 0 Å². The number of rotatable bonds is 1. The number of hydrogen-bond acceptors (Lipinski definition) is 2. The first-order chi connectivity index (χ1) is 4.33.